The van der Waals surface area contributed by atoms with Crippen LogP contribution in [0.25, 0.3) is 0 Å². The van der Waals surface area contributed by atoms with Crippen LogP contribution in [0.5, 0.6) is 0 Å². The lowest BCUT2D eigenvalue weighted by Gasteiger charge is -2.17. The first-order valence-corrected chi connectivity index (χ1v) is 18.0. The Labute approximate surface area is 263 Å². The van der Waals surface area contributed by atoms with Crippen molar-refractivity contribution in [3.05, 3.63) is 23.8 Å². The van der Waals surface area contributed by atoms with E-state index in [0.717, 1.165) is 57.8 Å². The van der Waals surface area contributed by atoms with Crippen molar-refractivity contribution in [1.82, 2.24) is 0 Å². The van der Waals surface area contributed by atoms with Crippen molar-refractivity contribution in [2.24, 2.45) is 0 Å². The van der Waals surface area contributed by atoms with Crippen LogP contribution in [-0.2, 0) is 14.3 Å². The molecule has 0 aliphatic carbocycles. The molecule has 6 nitrogen and oxygen atoms in total. The van der Waals surface area contributed by atoms with E-state index in [2.05, 4.69) is 19.1 Å². The van der Waals surface area contributed by atoms with E-state index in [4.69, 9.17) is 4.74 Å². The van der Waals surface area contributed by atoms with Gasteiger partial charge < -0.3 is 20.1 Å². The minimum Gasteiger partial charge on any atom is -0.455 e. The summed E-state index contributed by atoms with van der Waals surface area (Å²) in [6.07, 6.45) is 29.2. The van der Waals surface area contributed by atoms with E-state index in [9.17, 15) is 24.9 Å². The number of aliphatic hydroxyl groups is 3. The monoisotopic (exact) mass is 606 g/mol. The van der Waals surface area contributed by atoms with E-state index in [-0.39, 0.29) is 12.1 Å². The molecule has 4 atom stereocenters. The van der Waals surface area contributed by atoms with Crippen molar-refractivity contribution >= 4 is 11.8 Å². The van der Waals surface area contributed by atoms with Gasteiger partial charge >= 0.3 is 5.97 Å². The molecule has 0 radical (unpaired) electrons. The Kier molecular flexibility index (Phi) is 24.7. The van der Waals surface area contributed by atoms with Gasteiger partial charge in [0.1, 0.15) is 11.9 Å². The molecule has 0 aromatic carbocycles. The third-order valence-electron chi connectivity index (χ3n) is 8.61. The fourth-order valence-electron chi connectivity index (χ4n) is 5.81. The summed E-state index contributed by atoms with van der Waals surface area (Å²) >= 11 is 0. The van der Waals surface area contributed by atoms with Gasteiger partial charge in [0.2, 0.25) is 0 Å². The van der Waals surface area contributed by atoms with Crippen LogP contribution in [0.1, 0.15) is 174 Å². The number of carbonyl (C=O) groups is 2. The molecule has 0 aromatic heterocycles. The normalized spacial score (nSPS) is 17.3. The van der Waals surface area contributed by atoms with Crippen LogP contribution >= 0.6 is 0 Å². The number of allylic oxidation sites excluding steroid dienone is 2. The second-order valence-electron chi connectivity index (χ2n) is 12.9. The molecule has 1 heterocycles. The van der Waals surface area contributed by atoms with Gasteiger partial charge in [-0.05, 0) is 64.4 Å². The third-order valence-corrected chi connectivity index (χ3v) is 8.61. The van der Waals surface area contributed by atoms with E-state index < -0.39 is 18.3 Å². The number of esters is 1. The number of cyclic esters (lactones) is 1. The molecule has 6 heteroatoms. The predicted molar refractivity (Wildman–Crippen MR) is 177 cm³/mol. The van der Waals surface area contributed by atoms with Crippen LogP contribution in [0.3, 0.4) is 0 Å². The smallest absolute Gasteiger partial charge is 0.334 e. The molecule has 3 N–H and O–H groups in total. The van der Waals surface area contributed by atoms with Gasteiger partial charge in [-0.3, -0.25) is 4.79 Å². The zero-order chi connectivity index (χ0) is 31.5. The molecule has 0 bridgehead atoms. The number of ether oxygens (including phenoxy) is 1. The highest BCUT2D eigenvalue weighted by Gasteiger charge is 2.24. The SMILES string of the molecule is CCCCCCCCCCCC/C=C\CC[C@@H](O)[C@H](O)CCCCCCC(=O)CCCCC[C@@H](O)CC1=C[C@H](C)OC1=O. The lowest BCUT2D eigenvalue weighted by atomic mass is 9.99. The number of hydrogen-bond donors (Lipinski definition) is 3. The first-order valence-electron chi connectivity index (χ1n) is 18.0. The summed E-state index contributed by atoms with van der Waals surface area (Å²) in [5.74, 6) is -0.0240. The second kappa shape index (κ2) is 26.9. The lowest BCUT2D eigenvalue weighted by molar-refractivity contribution is -0.139. The maximum atomic E-state index is 12.2. The van der Waals surface area contributed by atoms with Crippen LogP contribution < -0.4 is 0 Å². The van der Waals surface area contributed by atoms with Gasteiger partial charge in [0.25, 0.3) is 0 Å². The highest BCUT2D eigenvalue weighted by Crippen LogP contribution is 2.21. The number of rotatable bonds is 30. The molecule has 0 spiro atoms. The minimum absolute atomic E-state index is 0.202. The van der Waals surface area contributed by atoms with Gasteiger partial charge in [0.15, 0.2) is 0 Å². The minimum atomic E-state index is -0.664. The van der Waals surface area contributed by atoms with E-state index in [0.29, 0.717) is 49.9 Å². The molecular weight excluding hydrogens is 540 g/mol. The average Bonchev–Trinajstić information content (AvgIpc) is 3.30. The number of carbonyl (C=O) groups excluding carboxylic acids is 2. The number of unbranched alkanes of at least 4 members (excludes halogenated alkanes) is 15. The van der Waals surface area contributed by atoms with Gasteiger partial charge in [-0.2, -0.15) is 0 Å². The Morgan fingerprint density at radius 1 is 0.721 bits per heavy atom. The Bertz CT molecular complexity index is 760. The summed E-state index contributed by atoms with van der Waals surface area (Å²) in [6.45, 7) is 4.07. The van der Waals surface area contributed by atoms with Gasteiger partial charge in [-0.1, -0.05) is 109 Å². The van der Waals surface area contributed by atoms with Crippen molar-refractivity contribution < 1.29 is 29.6 Å². The molecule has 0 saturated carbocycles. The maximum Gasteiger partial charge on any atom is 0.334 e. The molecule has 250 valence electrons. The second-order valence-corrected chi connectivity index (χ2v) is 12.9. The Hall–Kier alpha value is -1.50. The van der Waals surface area contributed by atoms with E-state index in [1.54, 1.807) is 6.08 Å². The molecule has 0 unspecified atom stereocenters. The number of Topliss-reactive ketones (excluding diaryl/α,β-unsaturated/α-hetero) is 1. The number of hydrogen-bond acceptors (Lipinski definition) is 6. The Morgan fingerprint density at radius 2 is 1.23 bits per heavy atom. The predicted octanol–water partition coefficient (Wildman–Crippen LogP) is 8.84. The molecule has 1 rings (SSSR count). The van der Waals surface area contributed by atoms with Crippen LogP contribution in [-0.4, -0.2) is 51.5 Å². The summed E-state index contributed by atoms with van der Waals surface area (Å²) in [5, 5.41) is 30.7. The van der Waals surface area contributed by atoms with Crippen molar-refractivity contribution in [2.75, 3.05) is 0 Å². The number of aliphatic hydroxyl groups excluding tert-OH is 3. The zero-order valence-electron chi connectivity index (χ0n) is 27.8. The molecule has 1 aliphatic heterocycles. The van der Waals surface area contributed by atoms with Crippen molar-refractivity contribution in [3.8, 4) is 0 Å². The number of ketones is 1. The fraction of sp³-hybridized carbons (Fsp3) is 0.838. The summed E-state index contributed by atoms with van der Waals surface area (Å²) in [6, 6.07) is 0. The van der Waals surface area contributed by atoms with Crippen molar-refractivity contribution in [2.45, 2.75) is 199 Å². The molecule has 1 aliphatic rings. The van der Waals surface area contributed by atoms with Crippen LogP contribution in [0.4, 0.5) is 0 Å². The van der Waals surface area contributed by atoms with Crippen molar-refractivity contribution in [3.63, 3.8) is 0 Å². The first-order chi connectivity index (χ1) is 20.8. The first kappa shape index (κ1) is 39.5. The van der Waals surface area contributed by atoms with Gasteiger partial charge in [0.05, 0.1) is 18.3 Å². The fourth-order valence-corrected chi connectivity index (χ4v) is 5.81. The maximum absolute atomic E-state index is 12.2. The Balaban J connectivity index is 1.89. The van der Waals surface area contributed by atoms with Crippen LogP contribution in [0.15, 0.2) is 23.8 Å². The van der Waals surface area contributed by atoms with Crippen LogP contribution in [0, 0.1) is 0 Å². The summed E-state index contributed by atoms with van der Waals surface area (Å²) in [5.41, 5.74) is 0.568. The standard InChI is InChI=1S/C37H66O6/c1-3-4-5-6-7-8-9-10-11-12-13-14-15-22-27-35(40)36(41)28-23-17-16-19-24-33(38)25-20-18-21-26-34(39)30-32-29-31(2)43-37(32)42/h14-15,29,31,34-36,39-41H,3-13,16-28,30H2,1-2H3/b15-14-/t31-,34+,35+,36+/m0/s1. The average molecular weight is 607 g/mol. The summed E-state index contributed by atoms with van der Waals surface area (Å²) in [4.78, 5) is 23.8. The van der Waals surface area contributed by atoms with E-state index in [1.807, 2.05) is 6.92 Å². The zero-order valence-corrected chi connectivity index (χ0v) is 27.8. The largest absolute Gasteiger partial charge is 0.455 e. The third kappa shape index (κ3) is 22.6. The van der Waals surface area contributed by atoms with Crippen LogP contribution in [0.2, 0.25) is 0 Å². The highest BCUT2D eigenvalue weighted by molar-refractivity contribution is 5.90. The van der Waals surface area contributed by atoms with E-state index >= 15 is 0 Å². The quantitative estimate of drug-likeness (QED) is 0.0429. The molecule has 43 heavy (non-hydrogen) atoms. The molecule has 0 amide bonds. The van der Waals surface area contributed by atoms with Gasteiger partial charge in [-0.15, -0.1) is 0 Å². The topological polar surface area (TPSA) is 104 Å². The summed E-state index contributed by atoms with van der Waals surface area (Å²) in [7, 11) is 0. The molecular formula is C37H66O6. The highest BCUT2D eigenvalue weighted by atomic mass is 16.5. The lowest BCUT2D eigenvalue weighted by Crippen LogP contribution is -2.25. The van der Waals surface area contributed by atoms with Gasteiger partial charge in [0, 0.05) is 24.8 Å². The van der Waals surface area contributed by atoms with Crippen molar-refractivity contribution in [1.29, 1.82) is 0 Å². The Morgan fingerprint density at radius 3 is 1.86 bits per heavy atom. The van der Waals surface area contributed by atoms with Gasteiger partial charge in [-0.25, -0.2) is 4.79 Å². The summed E-state index contributed by atoms with van der Waals surface area (Å²) < 4.78 is 5.06. The van der Waals surface area contributed by atoms with E-state index in [1.165, 1.54) is 64.2 Å². The molecule has 0 saturated heterocycles. The molecule has 0 aromatic rings. The molecule has 0 fully saturated rings.